The lowest BCUT2D eigenvalue weighted by Crippen LogP contribution is -2.30. The molecule has 0 spiro atoms. The first-order chi connectivity index (χ1) is 13.6. The molecule has 0 fully saturated rings. The van der Waals surface area contributed by atoms with Gasteiger partial charge in [-0.3, -0.25) is 9.69 Å². The maximum Gasteiger partial charge on any atom is 0.283 e. The van der Waals surface area contributed by atoms with E-state index in [1.165, 1.54) is 0 Å². The maximum atomic E-state index is 13.1. The Balaban J connectivity index is 1.91. The van der Waals surface area contributed by atoms with E-state index in [9.17, 15) is 4.79 Å². The third-order valence-corrected chi connectivity index (χ3v) is 5.33. The molecule has 0 unspecified atom stereocenters. The number of hydrogen-bond donors (Lipinski definition) is 0. The number of carbonyl (C=O) groups excluding carboxylic acids is 1. The van der Waals surface area contributed by atoms with Gasteiger partial charge in [-0.15, -0.1) is 0 Å². The number of nitrogens with zero attached hydrogens (tertiary/aromatic N) is 2. The van der Waals surface area contributed by atoms with Crippen molar-refractivity contribution in [1.82, 2.24) is 0 Å². The van der Waals surface area contributed by atoms with Gasteiger partial charge < -0.3 is 4.74 Å². The van der Waals surface area contributed by atoms with Gasteiger partial charge in [-0.25, -0.2) is 4.99 Å². The van der Waals surface area contributed by atoms with Gasteiger partial charge in [-0.2, -0.15) is 0 Å². The molecule has 0 bridgehead atoms. The van der Waals surface area contributed by atoms with Crippen molar-refractivity contribution in [2.75, 3.05) is 17.3 Å². The predicted molar refractivity (Wildman–Crippen MR) is 119 cm³/mol. The highest BCUT2D eigenvalue weighted by Gasteiger charge is 2.31. The van der Waals surface area contributed by atoms with E-state index in [4.69, 9.17) is 4.74 Å². The largest absolute Gasteiger partial charge is 0.494 e. The number of anilines is 1. The lowest BCUT2D eigenvalue weighted by Gasteiger charge is -2.18. The fraction of sp³-hybridized carbons (Fsp3) is 0.304. The molecule has 28 heavy (non-hydrogen) atoms. The lowest BCUT2D eigenvalue weighted by atomic mass is 10.1. The second-order valence-electron chi connectivity index (χ2n) is 6.61. The van der Waals surface area contributed by atoms with Crippen LogP contribution < -0.4 is 9.64 Å². The number of unbranched alkanes of at least 4 members (excludes halogenated alkanes) is 1. The summed E-state index contributed by atoms with van der Waals surface area (Å²) in [4.78, 5) is 19.5. The molecule has 0 saturated carbocycles. The molecule has 4 nitrogen and oxygen atoms in total. The summed E-state index contributed by atoms with van der Waals surface area (Å²) in [7, 11) is 0. The van der Waals surface area contributed by atoms with Crippen LogP contribution in [-0.2, 0) is 4.79 Å². The van der Waals surface area contributed by atoms with E-state index >= 15 is 0 Å². The normalized spacial score (nSPS) is 15.2. The Morgan fingerprint density at radius 1 is 1.14 bits per heavy atom. The number of rotatable bonds is 7. The van der Waals surface area contributed by atoms with Crippen LogP contribution >= 0.6 is 11.8 Å². The van der Waals surface area contributed by atoms with E-state index < -0.39 is 0 Å². The van der Waals surface area contributed by atoms with Gasteiger partial charge in [0.1, 0.15) is 11.4 Å². The van der Waals surface area contributed by atoms with Crippen molar-refractivity contribution in [1.29, 1.82) is 0 Å². The molecule has 0 radical (unpaired) electrons. The summed E-state index contributed by atoms with van der Waals surface area (Å²) in [6.45, 7) is 6.77. The molecule has 5 heteroatoms. The number of amidine groups is 1. The Morgan fingerprint density at radius 3 is 2.61 bits per heavy atom. The minimum absolute atomic E-state index is 0.0929. The zero-order valence-electron chi connectivity index (χ0n) is 16.6. The van der Waals surface area contributed by atoms with Crippen molar-refractivity contribution in [2.24, 2.45) is 4.99 Å². The van der Waals surface area contributed by atoms with Crippen molar-refractivity contribution in [3.8, 4) is 5.75 Å². The van der Waals surface area contributed by atoms with Crippen molar-refractivity contribution in [2.45, 2.75) is 33.6 Å². The Labute approximate surface area is 171 Å². The molecule has 1 aliphatic heterocycles. The molecule has 1 aliphatic rings. The van der Waals surface area contributed by atoms with E-state index in [1.807, 2.05) is 62.4 Å². The van der Waals surface area contributed by atoms with Crippen molar-refractivity contribution in [3.63, 3.8) is 0 Å². The second-order valence-corrected chi connectivity index (χ2v) is 7.67. The van der Waals surface area contributed by atoms with Crippen LogP contribution in [0.25, 0.3) is 6.08 Å². The summed E-state index contributed by atoms with van der Waals surface area (Å²) < 4.78 is 5.52. The molecule has 2 aromatic rings. The number of hydrogen-bond acceptors (Lipinski definition) is 4. The molecule has 1 heterocycles. The number of thioether (sulfide) groups is 1. The first-order valence-corrected chi connectivity index (χ1v) is 10.7. The van der Waals surface area contributed by atoms with E-state index in [-0.39, 0.29) is 5.91 Å². The number of aryl methyl sites for hydroxylation is 1. The lowest BCUT2D eigenvalue weighted by molar-refractivity contribution is -0.113. The summed E-state index contributed by atoms with van der Waals surface area (Å²) in [5.41, 5.74) is 3.42. The highest BCUT2D eigenvalue weighted by molar-refractivity contribution is 8.14. The van der Waals surface area contributed by atoms with E-state index in [2.05, 4.69) is 18.0 Å². The van der Waals surface area contributed by atoms with Gasteiger partial charge in [0.15, 0.2) is 5.17 Å². The molecule has 3 rings (SSSR count). The van der Waals surface area contributed by atoms with Crippen molar-refractivity contribution >= 4 is 34.6 Å². The number of ether oxygens (including phenoxy) is 1. The molecule has 0 atom stereocenters. The standard InChI is InChI=1S/C23H26N2O2S/c1-4-6-14-28-23-24-21(16-18-9-7-8-17(3)15-18)22(26)25(23)19-10-12-20(13-11-19)27-5-2/h7-13,15-16H,4-6,14H2,1-3H3. The van der Waals surface area contributed by atoms with Gasteiger partial charge in [0.05, 0.1) is 12.3 Å². The maximum absolute atomic E-state index is 13.1. The van der Waals surface area contributed by atoms with Crippen LogP contribution in [0.5, 0.6) is 5.75 Å². The molecule has 146 valence electrons. The highest BCUT2D eigenvalue weighted by Crippen LogP contribution is 2.31. The molecule has 0 N–H and O–H groups in total. The van der Waals surface area contributed by atoms with E-state index in [0.717, 1.165) is 46.3 Å². The van der Waals surface area contributed by atoms with E-state index in [1.54, 1.807) is 16.7 Å². The average Bonchev–Trinajstić information content (AvgIpc) is 2.98. The van der Waals surface area contributed by atoms with Gasteiger partial charge in [-0.05, 0) is 56.2 Å². The van der Waals surface area contributed by atoms with Gasteiger partial charge in [-0.1, -0.05) is 54.9 Å². The van der Waals surface area contributed by atoms with Crippen LogP contribution in [0, 0.1) is 6.92 Å². The molecular weight excluding hydrogens is 368 g/mol. The molecule has 0 aromatic heterocycles. The van der Waals surface area contributed by atoms with Gasteiger partial charge in [0.25, 0.3) is 5.91 Å². The third kappa shape index (κ3) is 4.84. The summed E-state index contributed by atoms with van der Waals surface area (Å²) in [6, 6.07) is 15.7. The van der Waals surface area contributed by atoms with E-state index in [0.29, 0.717) is 12.3 Å². The fourth-order valence-corrected chi connectivity index (χ4v) is 4.00. The summed E-state index contributed by atoms with van der Waals surface area (Å²) >= 11 is 1.63. The van der Waals surface area contributed by atoms with Crippen molar-refractivity contribution in [3.05, 3.63) is 65.4 Å². The summed E-state index contributed by atoms with van der Waals surface area (Å²) in [5, 5.41) is 0.738. The van der Waals surface area contributed by atoms with Crippen LogP contribution in [0.2, 0.25) is 0 Å². The van der Waals surface area contributed by atoms with Crippen LogP contribution in [-0.4, -0.2) is 23.4 Å². The van der Waals surface area contributed by atoms with Gasteiger partial charge >= 0.3 is 0 Å². The zero-order valence-corrected chi connectivity index (χ0v) is 17.5. The first-order valence-electron chi connectivity index (χ1n) is 9.69. The van der Waals surface area contributed by atoms with Crippen LogP contribution in [0.15, 0.2) is 59.2 Å². The minimum Gasteiger partial charge on any atom is -0.494 e. The molecule has 0 saturated heterocycles. The average molecular weight is 395 g/mol. The second kappa shape index (κ2) is 9.60. The molecule has 2 aromatic carbocycles. The van der Waals surface area contributed by atoms with Crippen molar-refractivity contribution < 1.29 is 9.53 Å². The van der Waals surface area contributed by atoms with Crippen LogP contribution in [0.3, 0.4) is 0 Å². The number of carbonyl (C=O) groups is 1. The Morgan fingerprint density at radius 2 is 1.93 bits per heavy atom. The first kappa shape index (κ1) is 20.2. The van der Waals surface area contributed by atoms with Gasteiger partial charge in [0, 0.05) is 5.75 Å². The van der Waals surface area contributed by atoms with Crippen LogP contribution in [0.1, 0.15) is 37.8 Å². The Hall–Kier alpha value is -2.53. The number of benzene rings is 2. The zero-order chi connectivity index (χ0) is 19.9. The number of amides is 1. The smallest absolute Gasteiger partial charge is 0.283 e. The Bertz CT molecular complexity index is 888. The SMILES string of the molecule is CCCCSC1=NC(=Cc2cccc(C)c2)C(=O)N1c1ccc(OCC)cc1. The quantitative estimate of drug-likeness (QED) is 0.449. The monoisotopic (exact) mass is 394 g/mol. The number of aliphatic imine (C=N–C) groups is 1. The Kier molecular flexibility index (Phi) is 6.93. The van der Waals surface area contributed by atoms with Crippen LogP contribution in [0.4, 0.5) is 5.69 Å². The molecule has 1 amide bonds. The topological polar surface area (TPSA) is 41.9 Å². The summed E-state index contributed by atoms with van der Waals surface area (Å²) in [5.74, 6) is 1.64. The highest BCUT2D eigenvalue weighted by atomic mass is 32.2. The fourth-order valence-electron chi connectivity index (χ4n) is 2.90. The third-order valence-electron chi connectivity index (χ3n) is 4.31. The molecule has 0 aliphatic carbocycles. The van der Waals surface area contributed by atoms with Gasteiger partial charge in [0.2, 0.25) is 0 Å². The minimum atomic E-state index is -0.0929. The summed E-state index contributed by atoms with van der Waals surface area (Å²) in [6.07, 6.45) is 4.07. The predicted octanol–water partition coefficient (Wildman–Crippen LogP) is 5.67. The molecular formula is C23H26N2O2S.